The summed E-state index contributed by atoms with van der Waals surface area (Å²) in [4.78, 5) is 0. The van der Waals surface area contributed by atoms with Crippen molar-refractivity contribution in [1.29, 1.82) is 0 Å². The summed E-state index contributed by atoms with van der Waals surface area (Å²) in [7, 11) is 3.09. The molecule has 0 aromatic heterocycles. The highest BCUT2D eigenvalue weighted by atomic mass is 32.7. The van der Waals surface area contributed by atoms with Gasteiger partial charge in [0, 0.05) is 0 Å². The molecule has 0 radical (unpaired) electrons. The summed E-state index contributed by atoms with van der Waals surface area (Å²) in [6, 6.07) is 5.69. The number of ether oxygens (including phenoxy) is 2. The summed E-state index contributed by atoms with van der Waals surface area (Å²) in [6.07, 6.45) is 0. The lowest BCUT2D eigenvalue weighted by atomic mass is 10.3. The SMILES string of the molecule is COc1cccc(OC)c1[PH2+][S-]. The second-order valence-electron chi connectivity index (χ2n) is 2.19. The van der Waals surface area contributed by atoms with Crippen LogP contribution in [0.5, 0.6) is 11.5 Å². The van der Waals surface area contributed by atoms with Gasteiger partial charge in [-0.05, 0) is 12.1 Å². The Morgan fingerprint density at radius 2 is 1.67 bits per heavy atom. The third-order valence-corrected chi connectivity index (χ3v) is 3.10. The van der Waals surface area contributed by atoms with Crippen LogP contribution in [0, 0.1) is 0 Å². The average molecular weight is 202 g/mol. The van der Waals surface area contributed by atoms with Crippen molar-refractivity contribution in [3.05, 3.63) is 18.2 Å². The molecule has 0 saturated carbocycles. The fourth-order valence-electron chi connectivity index (χ4n) is 0.996. The van der Waals surface area contributed by atoms with Crippen LogP contribution < -0.4 is 14.8 Å². The molecule has 0 aliphatic carbocycles. The normalized spacial score (nSPS) is 10.6. The van der Waals surface area contributed by atoms with Gasteiger partial charge in [-0.15, -0.1) is 0 Å². The van der Waals surface area contributed by atoms with Gasteiger partial charge in [0.1, 0.15) is 0 Å². The highest BCUT2D eigenvalue weighted by Crippen LogP contribution is 2.24. The zero-order valence-corrected chi connectivity index (χ0v) is 9.01. The van der Waals surface area contributed by atoms with E-state index in [0.29, 0.717) is 0 Å². The van der Waals surface area contributed by atoms with E-state index in [4.69, 9.17) is 21.7 Å². The van der Waals surface area contributed by atoms with E-state index < -0.39 is 0 Å². The summed E-state index contributed by atoms with van der Waals surface area (Å²) >= 11 is 5.05. The fourth-order valence-corrected chi connectivity index (χ4v) is 2.35. The van der Waals surface area contributed by atoms with Gasteiger partial charge in [0.25, 0.3) is 0 Å². The standard InChI is InChI=1S/C8H11O2PS/c1-9-6-4-3-5-7(10-2)8(6)11-12/h3-5H,11H2,1-2H3. The highest BCUT2D eigenvalue weighted by Gasteiger charge is 2.08. The van der Waals surface area contributed by atoms with Gasteiger partial charge in [0.15, 0.2) is 16.8 Å². The summed E-state index contributed by atoms with van der Waals surface area (Å²) < 4.78 is 10.3. The van der Waals surface area contributed by atoms with Gasteiger partial charge >= 0.3 is 0 Å². The first-order valence-electron chi connectivity index (χ1n) is 3.49. The van der Waals surface area contributed by atoms with E-state index in [9.17, 15) is 0 Å². The van der Waals surface area contributed by atoms with E-state index in [1.54, 1.807) is 14.2 Å². The Morgan fingerprint density at radius 1 is 1.17 bits per heavy atom. The van der Waals surface area contributed by atoms with Crippen LogP contribution in [0.25, 0.3) is 0 Å². The molecule has 1 atom stereocenters. The predicted molar refractivity (Wildman–Crippen MR) is 56.3 cm³/mol. The smallest absolute Gasteiger partial charge is 0.162 e. The minimum atomic E-state index is -0.190. The Labute approximate surface area is 79.2 Å². The molecule has 0 spiro atoms. The van der Waals surface area contributed by atoms with Gasteiger partial charge in [-0.2, -0.15) is 0 Å². The highest BCUT2D eigenvalue weighted by molar-refractivity contribution is 8.28. The lowest BCUT2D eigenvalue weighted by Gasteiger charge is -2.09. The Balaban J connectivity index is 3.13. The maximum Gasteiger partial charge on any atom is 0.162 e. The molecule has 1 aromatic carbocycles. The number of hydrogen-bond acceptors (Lipinski definition) is 3. The van der Waals surface area contributed by atoms with Crippen molar-refractivity contribution >= 4 is 25.3 Å². The summed E-state index contributed by atoms with van der Waals surface area (Å²) in [5, 5.41) is 1.03. The summed E-state index contributed by atoms with van der Waals surface area (Å²) in [5.74, 6) is 1.67. The minimum absolute atomic E-state index is 0.190. The van der Waals surface area contributed by atoms with Gasteiger partial charge < -0.3 is 21.7 Å². The molecule has 12 heavy (non-hydrogen) atoms. The lowest BCUT2D eigenvalue weighted by molar-refractivity contribution is 0.401. The molecule has 1 unspecified atom stereocenters. The Kier molecular flexibility index (Phi) is 3.70. The summed E-state index contributed by atoms with van der Waals surface area (Å²) in [6.45, 7) is 0. The van der Waals surface area contributed by atoms with Crippen LogP contribution in [0.3, 0.4) is 0 Å². The van der Waals surface area contributed by atoms with Gasteiger partial charge in [-0.1, -0.05) is 13.8 Å². The van der Waals surface area contributed by atoms with Gasteiger partial charge in [-0.3, -0.25) is 0 Å². The zero-order valence-electron chi connectivity index (χ0n) is 7.03. The number of hydrogen-bond donors (Lipinski definition) is 0. The minimum Gasteiger partial charge on any atom is -0.556 e. The van der Waals surface area contributed by atoms with Crippen LogP contribution in [0.4, 0.5) is 0 Å². The molecule has 4 heteroatoms. The maximum absolute atomic E-state index is 5.15. The van der Waals surface area contributed by atoms with Crippen molar-refractivity contribution in [3.63, 3.8) is 0 Å². The Morgan fingerprint density at radius 3 is 2.00 bits per heavy atom. The molecular formula is C8H11O2PS. The number of rotatable bonds is 3. The third kappa shape index (κ3) is 1.85. The number of benzene rings is 1. The summed E-state index contributed by atoms with van der Waals surface area (Å²) in [5.41, 5.74) is 0. The Bertz CT molecular complexity index is 243. The van der Waals surface area contributed by atoms with E-state index in [1.807, 2.05) is 18.2 Å². The van der Waals surface area contributed by atoms with Crippen molar-refractivity contribution < 1.29 is 9.47 Å². The molecule has 0 saturated heterocycles. The van der Waals surface area contributed by atoms with Gasteiger partial charge in [-0.25, -0.2) is 0 Å². The topological polar surface area (TPSA) is 18.5 Å². The van der Waals surface area contributed by atoms with Crippen LogP contribution in [0.15, 0.2) is 18.2 Å². The van der Waals surface area contributed by atoms with Crippen molar-refractivity contribution in [2.75, 3.05) is 14.2 Å². The van der Waals surface area contributed by atoms with E-state index in [1.165, 1.54) is 0 Å². The van der Waals surface area contributed by atoms with Gasteiger partial charge in [0.05, 0.1) is 14.2 Å². The predicted octanol–water partition coefficient (Wildman–Crippen LogP) is 1.20. The van der Waals surface area contributed by atoms with E-state index in [-0.39, 0.29) is 7.78 Å². The molecule has 66 valence electrons. The second kappa shape index (κ2) is 4.58. The fraction of sp³-hybridized carbons (Fsp3) is 0.250. The van der Waals surface area contributed by atoms with Crippen LogP contribution in [0.1, 0.15) is 0 Å². The molecule has 0 amide bonds. The molecule has 0 heterocycles. The quantitative estimate of drug-likeness (QED) is 0.542. The maximum atomic E-state index is 5.15. The van der Waals surface area contributed by atoms with Crippen LogP contribution in [-0.4, -0.2) is 14.2 Å². The molecule has 0 N–H and O–H groups in total. The molecular weight excluding hydrogens is 191 g/mol. The van der Waals surface area contributed by atoms with Crippen molar-refractivity contribution in [3.8, 4) is 11.5 Å². The molecule has 0 aliphatic rings. The average Bonchev–Trinajstić information content (AvgIpc) is 2.16. The number of methoxy groups -OCH3 is 2. The first kappa shape index (κ1) is 9.69. The molecule has 0 bridgehead atoms. The van der Waals surface area contributed by atoms with Gasteiger partial charge in [0.2, 0.25) is 0 Å². The van der Waals surface area contributed by atoms with Crippen LogP contribution >= 0.6 is 7.78 Å². The molecule has 1 rings (SSSR count). The second-order valence-corrected chi connectivity index (χ2v) is 3.71. The molecule has 2 nitrogen and oxygen atoms in total. The molecule has 0 aliphatic heterocycles. The van der Waals surface area contributed by atoms with E-state index >= 15 is 0 Å². The monoisotopic (exact) mass is 202 g/mol. The lowest BCUT2D eigenvalue weighted by Crippen LogP contribution is -2.04. The van der Waals surface area contributed by atoms with Crippen LogP contribution in [0.2, 0.25) is 0 Å². The van der Waals surface area contributed by atoms with E-state index in [0.717, 1.165) is 16.8 Å². The largest absolute Gasteiger partial charge is 0.556 e. The van der Waals surface area contributed by atoms with E-state index in [2.05, 4.69) is 0 Å². The third-order valence-electron chi connectivity index (χ3n) is 1.58. The van der Waals surface area contributed by atoms with Crippen molar-refractivity contribution in [2.45, 2.75) is 0 Å². The van der Waals surface area contributed by atoms with Crippen LogP contribution in [-0.2, 0) is 12.2 Å². The molecule has 1 aromatic rings. The molecule has 0 fully saturated rings. The Hall–Kier alpha value is -0.400. The van der Waals surface area contributed by atoms with Crippen molar-refractivity contribution in [1.82, 2.24) is 0 Å². The van der Waals surface area contributed by atoms with Crippen molar-refractivity contribution in [2.24, 2.45) is 0 Å². The first-order chi connectivity index (χ1) is 5.83. The first-order valence-corrected chi connectivity index (χ1v) is 5.96. The zero-order chi connectivity index (χ0) is 8.97.